The minimum absolute atomic E-state index is 0.0407. The van der Waals surface area contributed by atoms with Crippen molar-refractivity contribution in [3.05, 3.63) is 120 Å². The maximum atomic E-state index is 14.7. The maximum Gasteiger partial charge on any atom is 0.264 e. The fourth-order valence-corrected chi connectivity index (χ4v) is 7.48. The summed E-state index contributed by atoms with van der Waals surface area (Å²) in [6.07, 6.45) is 4.13. The molecule has 0 saturated heterocycles. The van der Waals surface area contributed by atoms with Crippen LogP contribution in [0, 0.1) is 6.92 Å². The summed E-state index contributed by atoms with van der Waals surface area (Å²) < 4.78 is 40.6. The molecule has 0 unspecified atom stereocenters. The second kappa shape index (κ2) is 15.8. The highest BCUT2D eigenvalue weighted by Gasteiger charge is 2.36. The van der Waals surface area contributed by atoms with Gasteiger partial charge in [-0.25, -0.2) is 8.42 Å². The number of ether oxygens (including phenoxy) is 2. The van der Waals surface area contributed by atoms with E-state index in [9.17, 15) is 18.0 Å². The van der Waals surface area contributed by atoms with Crippen LogP contribution in [0.5, 0.6) is 11.5 Å². The van der Waals surface area contributed by atoms with E-state index < -0.39 is 28.5 Å². The number of carbonyl (C=O) groups is 2. The molecule has 1 aliphatic carbocycles. The van der Waals surface area contributed by atoms with E-state index in [0.717, 1.165) is 46.7 Å². The zero-order valence-electron chi connectivity index (χ0n) is 27.7. The molecule has 4 aromatic rings. The molecular weight excluding hydrogens is 627 g/mol. The van der Waals surface area contributed by atoms with Gasteiger partial charge in [-0.3, -0.25) is 13.9 Å². The largest absolute Gasteiger partial charge is 0.493 e. The minimum Gasteiger partial charge on any atom is -0.493 e. The number of rotatable bonds is 14. The number of sulfonamides is 1. The van der Waals surface area contributed by atoms with Crippen molar-refractivity contribution < 1.29 is 27.5 Å². The molecule has 10 heteroatoms. The molecule has 252 valence electrons. The molecule has 1 N–H and O–H groups in total. The smallest absolute Gasteiger partial charge is 0.264 e. The molecule has 48 heavy (non-hydrogen) atoms. The molecular formula is C38H43N3O6S. The van der Waals surface area contributed by atoms with Crippen LogP contribution in [0.4, 0.5) is 5.69 Å². The predicted molar refractivity (Wildman–Crippen MR) is 187 cm³/mol. The quantitative estimate of drug-likeness (QED) is 0.179. The lowest BCUT2D eigenvalue weighted by atomic mass is 10.0. The molecule has 1 saturated carbocycles. The third kappa shape index (κ3) is 8.36. The minimum atomic E-state index is -4.30. The van der Waals surface area contributed by atoms with Crippen LogP contribution >= 0.6 is 0 Å². The third-order valence-corrected chi connectivity index (χ3v) is 10.5. The fraction of sp³-hybridized carbons (Fsp3) is 0.316. The van der Waals surface area contributed by atoms with Crippen molar-refractivity contribution in [3.8, 4) is 11.5 Å². The Bertz CT molecular complexity index is 1780. The SMILES string of the molecule is COc1ccc(S(=O)(=O)N(CC(=O)N(Cc2ccccc2)[C@@H](Cc2ccccc2)C(=O)NC2CCCC2)c2ccc(C)cc2)cc1OC. The first-order valence-corrected chi connectivity index (χ1v) is 17.6. The first kappa shape index (κ1) is 34.5. The lowest BCUT2D eigenvalue weighted by molar-refractivity contribution is -0.140. The topological polar surface area (TPSA) is 105 Å². The fourth-order valence-electron chi connectivity index (χ4n) is 6.05. The molecule has 0 aliphatic heterocycles. The Kier molecular flexibility index (Phi) is 11.4. The van der Waals surface area contributed by atoms with E-state index in [1.54, 1.807) is 24.3 Å². The normalized spacial score (nSPS) is 13.8. The third-order valence-electron chi connectivity index (χ3n) is 8.71. The first-order valence-electron chi connectivity index (χ1n) is 16.2. The summed E-state index contributed by atoms with van der Waals surface area (Å²) in [6.45, 7) is 1.49. The number of carbonyl (C=O) groups excluding carboxylic acids is 2. The molecule has 5 rings (SSSR count). The van der Waals surface area contributed by atoms with E-state index in [1.165, 1.54) is 37.3 Å². The number of hydrogen-bond donors (Lipinski definition) is 1. The van der Waals surface area contributed by atoms with Crippen LogP contribution in [0.25, 0.3) is 0 Å². The van der Waals surface area contributed by atoms with Crippen LogP contribution < -0.4 is 19.1 Å². The van der Waals surface area contributed by atoms with Gasteiger partial charge in [-0.2, -0.15) is 0 Å². The molecule has 0 aromatic heterocycles. The average Bonchev–Trinajstić information content (AvgIpc) is 3.62. The van der Waals surface area contributed by atoms with E-state index in [1.807, 2.05) is 67.6 Å². The van der Waals surface area contributed by atoms with Gasteiger partial charge in [-0.05, 0) is 55.2 Å². The second-order valence-corrected chi connectivity index (χ2v) is 13.9. The van der Waals surface area contributed by atoms with Crippen molar-refractivity contribution in [2.24, 2.45) is 0 Å². The van der Waals surface area contributed by atoms with Crippen LogP contribution in [0.2, 0.25) is 0 Å². The number of hydrogen-bond acceptors (Lipinski definition) is 6. The van der Waals surface area contributed by atoms with E-state index in [4.69, 9.17) is 9.47 Å². The Morgan fingerprint density at radius 3 is 2.02 bits per heavy atom. The van der Waals surface area contributed by atoms with Crippen molar-refractivity contribution in [1.29, 1.82) is 0 Å². The molecule has 0 radical (unpaired) electrons. The number of benzene rings is 4. The van der Waals surface area contributed by atoms with Crippen LogP contribution in [0.3, 0.4) is 0 Å². The molecule has 0 heterocycles. The van der Waals surface area contributed by atoms with Gasteiger partial charge < -0.3 is 19.7 Å². The van der Waals surface area contributed by atoms with Gasteiger partial charge in [-0.1, -0.05) is 91.2 Å². The van der Waals surface area contributed by atoms with Gasteiger partial charge in [-0.15, -0.1) is 0 Å². The summed E-state index contributed by atoms with van der Waals surface area (Å²) in [7, 11) is -1.40. The van der Waals surface area contributed by atoms with Crippen molar-refractivity contribution >= 4 is 27.5 Å². The molecule has 1 aliphatic rings. The highest BCUT2D eigenvalue weighted by Crippen LogP contribution is 2.32. The Morgan fingerprint density at radius 1 is 0.812 bits per heavy atom. The van der Waals surface area contributed by atoms with Gasteiger partial charge in [0.25, 0.3) is 10.0 Å². The Morgan fingerprint density at radius 2 is 1.42 bits per heavy atom. The van der Waals surface area contributed by atoms with Crippen LogP contribution in [0.15, 0.2) is 108 Å². The molecule has 9 nitrogen and oxygen atoms in total. The van der Waals surface area contributed by atoms with Gasteiger partial charge in [0.15, 0.2) is 11.5 Å². The number of amides is 2. The van der Waals surface area contributed by atoms with Crippen molar-refractivity contribution in [2.75, 3.05) is 25.1 Å². The van der Waals surface area contributed by atoms with E-state index in [2.05, 4.69) is 5.32 Å². The Balaban J connectivity index is 1.57. The van der Waals surface area contributed by atoms with Crippen LogP contribution in [-0.2, 0) is 32.6 Å². The summed E-state index contributed by atoms with van der Waals surface area (Å²) >= 11 is 0. The Labute approximate surface area is 283 Å². The van der Waals surface area contributed by atoms with Gasteiger partial charge in [0.05, 0.1) is 24.8 Å². The molecule has 1 atom stereocenters. The van der Waals surface area contributed by atoms with Gasteiger partial charge >= 0.3 is 0 Å². The summed E-state index contributed by atoms with van der Waals surface area (Å²) in [5.41, 5.74) is 2.97. The lowest BCUT2D eigenvalue weighted by Gasteiger charge is -2.34. The Hall–Kier alpha value is -4.83. The standard InChI is InChI=1S/C38H43N3O6S/c1-28-18-20-32(21-19-28)41(48(44,45)33-22-23-35(46-2)36(25-33)47-3)27-37(42)40(26-30-14-8-5-9-15-30)34(24-29-12-6-4-7-13-29)38(43)39-31-16-10-11-17-31/h4-9,12-15,18-23,25,31,34H,10-11,16-17,24,26-27H2,1-3H3,(H,39,43)/t34-/m0/s1. The monoisotopic (exact) mass is 669 g/mol. The average molecular weight is 670 g/mol. The van der Waals surface area contributed by atoms with Gasteiger partial charge in [0.2, 0.25) is 11.8 Å². The summed E-state index contributed by atoms with van der Waals surface area (Å²) in [5, 5.41) is 3.20. The van der Waals surface area contributed by atoms with Crippen molar-refractivity contribution in [1.82, 2.24) is 10.2 Å². The van der Waals surface area contributed by atoms with Crippen LogP contribution in [0.1, 0.15) is 42.4 Å². The zero-order chi connectivity index (χ0) is 34.1. The molecule has 2 amide bonds. The van der Waals surface area contributed by atoms with E-state index in [-0.39, 0.29) is 35.6 Å². The summed E-state index contributed by atoms with van der Waals surface area (Å²) in [4.78, 5) is 30.2. The van der Waals surface area contributed by atoms with Crippen molar-refractivity contribution in [3.63, 3.8) is 0 Å². The molecule has 4 aromatic carbocycles. The van der Waals surface area contributed by atoms with Crippen molar-refractivity contribution in [2.45, 2.75) is 62.6 Å². The highest BCUT2D eigenvalue weighted by molar-refractivity contribution is 7.92. The summed E-state index contributed by atoms with van der Waals surface area (Å²) in [5.74, 6) is -0.142. The predicted octanol–water partition coefficient (Wildman–Crippen LogP) is 5.91. The summed E-state index contributed by atoms with van der Waals surface area (Å²) in [6, 6.07) is 29.4. The first-order chi connectivity index (χ1) is 23.2. The second-order valence-electron chi connectivity index (χ2n) is 12.1. The lowest BCUT2D eigenvalue weighted by Crippen LogP contribution is -2.54. The van der Waals surface area contributed by atoms with Crippen LogP contribution in [-0.4, -0.2) is 58.0 Å². The number of methoxy groups -OCH3 is 2. The molecule has 0 bridgehead atoms. The van der Waals surface area contributed by atoms with E-state index in [0.29, 0.717) is 11.4 Å². The molecule has 1 fully saturated rings. The zero-order valence-corrected chi connectivity index (χ0v) is 28.5. The highest BCUT2D eigenvalue weighted by atomic mass is 32.2. The maximum absolute atomic E-state index is 14.7. The number of nitrogens with zero attached hydrogens (tertiary/aromatic N) is 2. The van der Waals surface area contributed by atoms with Gasteiger partial charge in [0.1, 0.15) is 12.6 Å². The number of nitrogens with one attached hydrogen (secondary N) is 1. The molecule has 0 spiro atoms. The number of anilines is 1. The number of aryl methyl sites for hydroxylation is 1. The van der Waals surface area contributed by atoms with Gasteiger partial charge in [0, 0.05) is 25.1 Å². The van der Waals surface area contributed by atoms with E-state index >= 15 is 0 Å².